The molecule has 1 heterocycles. The lowest BCUT2D eigenvalue weighted by Crippen LogP contribution is -2.34. The van der Waals surface area contributed by atoms with Crippen molar-refractivity contribution < 1.29 is 9.90 Å². The van der Waals surface area contributed by atoms with Gasteiger partial charge in [0.05, 0.1) is 0 Å². The van der Waals surface area contributed by atoms with E-state index in [-0.39, 0.29) is 11.7 Å². The molecule has 0 aliphatic heterocycles. The Labute approximate surface area is 147 Å². The monoisotopic (exact) mass is 340 g/mol. The van der Waals surface area contributed by atoms with E-state index in [1.54, 1.807) is 24.3 Å². The lowest BCUT2D eigenvalue weighted by Gasteiger charge is -2.32. The highest BCUT2D eigenvalue weighted by Gasteiger charge is 2.20. The van der Waals surface area contributed by atoms with E-state index in [0.29, 0.717) is 17.4 Å². The summed E-state index contributed by atoms with van der Waals surface area (Å²) >= 11 is 0. The van der Waals surface area contributed by atoms with Gasteiger partial charge in [0.25, 0.3) is 5.91 Å². The van der Waals surface area contributed by atoms with Crippen LogP contribution in [0, 0.1) is 6.92 Å². The maximum absolute atomic E-state index is 12.5. The first kappa shape index (κ1) is 17.2. The van der Waals surface area contributed by atoms with Crippen LogP contribution in [0.4, 0.5) is 11.5 Å². The third kappa shape index (κ3) is 4.07. The number of rotatable bonds is 4. The Hall–Kier alpha value is -2.63. The molecular weight excluding hydrogens is 316 g/mol. The van der Waals surface area contributed by atoms with Crippen molar-refractivity contribution in [2.45, 2.75) is 45.1 Å². The second-order valence-corrected chi connectivity index (χ2v) is 6.62. The maximum atomic E-state index is 12.5. The predicted octanol–water partition coefficient (Wildman–Crippen LogP) is 3.51. The fourth-order valence-electron chi connectivity index (χ4n) is 3.29. The number of nitrogens with one attached hydrogen (secondary N) is 1. The van der Waals surface area contributed by atoms with Gasteiger partial charge < -0.3 is 15.3 Å². The summed E-state index contributed by atoms with van der Waals surface area (Å²) in [6, 6.07) is 7.04. The van der Waals surface area contributed by atoms with Crippen molar-refractivity contribution in [3.63, 3.8) is 0 Å². The largest absolute Gasteiger partial charge is 0.508 e. The molecule has 6 nitrogen and oxygen atoms in total. The molecule has 0 radical (unpaired) electrons. The Morgan fingerprint density at radius 1 is 1.20 bits per heavy atom. The first-order chi connectivity index (χ1) is 12.0. The van der Waals surface area contributed by atoms with E-state index in [1.165, 1.54) is 25.6 Å². The highest BCUT2D eigenvalue weighted by Crippen LogP contribution is 2.25. The fourth-order valence-corrected chi connectivity index (χ4v) is 3.29. The Bertz CT molecular complexity index is 757. The normalized spacial score (nSPS) is 15.0. The molecule has 25 heavy (non-hydrogen) atoms. The molecule has 1 aromatic heterocycles. The van der Waals surface area contributed by atoms with E-state index in [1.807, 2.05) is 14.0 Å². The van der Waals surface area contributed by atoms with Crippen molar-refractivity contribution in [2.75, 3.05) is 17.3 Å². The minimum atomic E-state index is -0.283. The van der Waals surface area contributed by atoms with Gasteiger partial charge in [0, 0.05) is 24.8 Å². The number of hydrogen-bond acceptors (Lipinski definition) is 5. The maximum Gasteiger partial charge on any atom is 0.274 e. The Kier molecular flexibility index (Phi) is 5.16. The van der Waals surface area contributed by atoms with Crippen molar-refractivity contribution in [1.82, 2.24) is 9.97 Å². The van der Waals surface area contributed by atoms with E-state index in [2.05, 4.69) is 20.2 Å². The van der Waals surface area contributed by atoms with E-state index in [0.717, 1.165) is 24.2 Å². The minimum Gasteiger partial charge on any atom is -0.508 e. The van der Waals surface area contributed by atoms with Gasteiger partial charge in [-0.15, -0.1) is 0 Å². The lowest BCUT2D eigenvalue weighted by molar-refractivity contribution is 0.102. The molecule has 1 amide bonds. The molecule has 1 aliphatic carbocycles. The van der Waals surface area contributed by atoms with Gasteiger partial charge >= 0.3 is 0 Å². The molecule has 1 aliphatic rings. The highest BCUT2D eigenvalue weighted by atomic mass is 16.3. The third-order valence-electron chi connectivity index (χ3n) is 4.83. The number of aromatic hydroxyl groups is 1. The number of nitrogens with zero attached hydrogens (tertiary/aromatic N) is 3. The summed E-state index contributed by atoms with van der Waals surface area (Å²) in [6.45, 7) is 1.83. The second kappa shape index (κ2) is 7.51. The summed E-state index contributed by atoms with van der Waals surface area (Å²) in [6.07, 6.45) is 7.55. The zero-order valence-corrected chi connectivity index (χ0v) is 14.7. The summed E-state index contributed by atoms with van der Waals surface area (Å²) in [5.74, 6) is 0.665. The number of phenols is 1. The predicted molar refractivity (Wildman–Crippen MR) is 98.1 cm³/mol. The molecule has 1 fully saturated rings. The van der Waals surface area contributed by atoms with E-state index in [9.17, 15) is 9.90 Å². The Balaban J connectivity index is 1.74. The SMILES string of the molecule is Cc1cc(O)ccc1NC(=O)c1cc(N(C)C2CCCCC2)ncn1. The molecule has 2 N–H and O–H groups in total. The van der Waals surface area contributed by atoms with E-state index in [4.69, 9.17) is 0 Å². The van der Waals surface area contributed by atoms with Gasteiger partial charge in [-0.3, -0.25) is 4.79 Å². The molecule has 6 heteroatoms. The first-order valence-electron chi connectivity index (χ1n) is 8.70. The lowest BCUT2D eigenvalue weighted by atomic mass is 9.94. The Morgan fingerprint density at radius 2 is 1.96 bits per heavy atom. The van der Waals surface area contributed by atoms with Crippen molar-refractivity contribution >= 4 is 17.4 Å². The molecule has 132 valence electrons. The molecule has 1 saturated carbocycles. The van der Waals surface area contributed by atoms with Gasteiger partial charge in [-0.25, -0.2) is 9.97 Å². The molecule has 0 spiro atoms. The molecule has 0 unspecified atom stereocenters. The third-order valence-corrected chi connectivity index (χ3v) is 4.83. The van der Waals surface area contributed by atoms with Crippen molar-refractivity contribution in [3.8, 4) is 5.75 Å². The summed E-state index contributed by atoms with van der Waals surface area (Å²) in [5, 5.41) is 12.3. The second-order valence-electron chi connectivity index (χ2n) is 6.62. The number of aromatic nitrogens is 2. The van der Waals surface area contributed by atoms with Crippen LogP contribution in [0.3, 0.4) is 0 Å². The van der Waals surface area contributed by atoms with Gasteiger partial charge in [0.15, 0.2) is 0 Å². The van der Waals surface area contributed by atoms with Crippen LogP contribution in [0.25, 0.3) is 0 Å². The number of hydrogen-bond donors (Lipinski definition) is 2. The van der Waals surface area contributed by atoms with Crippen LogP contribution in [0.15, 0.2) is 30.6 Å². The van der Waals surface area contributed by atoms with Crippen LogP contribution in [0.5, 0.6) is 5.75 Å². The number of anilines is 2. The first-order valence-corrected chi connectivity index (χ1v) is 8.70. The van der Waals surface area contributed by atoms with Crippen LogP contribution in [0.1, 0.15) is 48.2 Å². The average Bonchev–Trinajstić information content (AvgIpc) is 2.64. The van der Waals surface area contributed by atoms with Crippen LogP contribution in [-0.2, 0) is 0 Å². The van der Waals surface area contributed by atoms with Crippen LogP contribution < -0.4 is 10.2 Å². The van der Waals surface area contributed by atoms with Gasteiger partial charge in [-0.05, 0) is 43.5 Å². The minimum absolute atomic E-state index is 0.175. The number of carbonyl (C=O) groups excluding carboxylic acids is 1. The number of aryl methyl sites for hydroxylation is 1. The molecule has 0 atom stereocenters. The number of benzene rings is 1. The average molecular weight is 340 g/mol. The van der Waals surface area contributed by atoms with Gasteiger partial charge in [-0.1, -0.05) is 19.3 Å². The molecule has 0 bridgehead atoms. The number of carbonyl (C=O) groups is 1. The molecular formula is C19H24N4O2. The topological polar surface area (TPSA) is 78.4 Å². The highest BCUT2D eigenvalue weighted by molar-refractivity contribution is 6.03. The van der Waals surface area contributed by atoms with Crippen LogP contribution in [0.2, 0.25) is 0 Å². The zero-order valence-electron chi connectivity index (χ0n) is 14.7. The van der Waals surface area contributed by atoms with Gasteiger partial charge in [0.2, 0.25) is 0 Å². The van der Waals surface area contributed by atoms with Gasteiger partial charge in [-0.2, -0.15) is 0 Å². The van der Waals surface area contributed by atoms with Crippen LogP contribution >= 0.6 is 0 Å². The molecule has 2 aromatic rings. The summed E-state index contributed by atoms with van der Waals surface area (Å²) < 4.78 is 0. The smallest absolute Gasteiger partial charge is 0.274 e. The number of amides is 1. The standard InChI is InChI=1S/C19H24N4O2/c1-13-10-15(24)8-9-16(13)22-19(25)17-11-18(21-12-20-17)23(2)14-6-4-3-5-7-14/h8-12,14,24H,3-7H2,1-2H3,(H,22,25). The molecule has 1 aromatic carbocycles. The summed E-state index contributed by atoms with van der Waals surface area (Å²) in [7, 11) is 2.03. The summed E-state index contributed by atoms with van der Waals surface area (Å²) in [4.78, 5) is 23.1. The molecule has 3 rings (SSSR count). The Morgan fingerprint density at radius 3 is 2.68 bits per heavy atom. The quantitative estimate of drug-likeness (QED) is 0.833. The van der Waals surface area contributed by atoms with Crippen molar-refractivity contribution in [3.05, 3.63) is 41.9 Å². The van der Waals surface area contributed by atoms with Crippen molar-refractivity contribution in [2.24, 2.45) is 0 Å². The fraction of sp³-hybridized carbons (Fsp3) is 0.421. The van der Waals surface area contributed by atoms with Crippen LogP contribution in [-0.4, -0.2) is 34.1 Å². The summed E-state index contributed by atoms with van der Waals surface area (Å²) in [5.41, 5.74) is 1.78. The number of phenolic OH excluding ortho intramolecular Hbond substituents is 1. The van der Waals surface area contributed by atoms with E-state index >= 15 is 0 Å². The molecule has 0 saturated heterocycles. The van der Waals surface area contributed by atoms with E-state index < -0.39 is 0 Å². The zero-order chi connectivity index (χ0) is 17.8. The van der Waals surface area contributed by atoms with Crippen molar-refractivity contribution in [1.29, 1.82) is 0 Å². The van der Waals surface area contributed by atoms with Gasteiger partial charge in [0.1, 0.15) is 23.6 Å².